The summed E-state index contributed by atoms with van der Waals surface area (Å²) >= 11 is 6.21. The molecule has 28 heavy (non-hydrogen) atoms. The Morgan fingerprint density at radius 2 is 1.96 bits per heavy atom. The maximum Gasteiger partial charge on any atom is 0.288 e. The number of halogens is 1. The standard InChI is InChI=1S/C21H22ClN3O3/c1-13(26)24-9-6-14(7-10-24)20-17-12-19(25(27)28)18(22)11-16(17)5-4-15-3-2-8-23-21(15)20/h2-3,8,11-12,14,20H,4-7,9-10H2,1H3. The lowest BCUT2D eigenvalue weighted by Crippen LogP contribution is -2.38. The SMILES string of the molecule is CC(=O)N1CCC(C2c3cc([N+](=O)[O-])c(Cl)cc3CCc3cccnc32)CC1. The van der Waals surface area contributed by atoms with E-state index in [4.69, 9.17) is 16.6 Å². The van der Waals surface area contributed by atoms with Crippen LogP contribution in [0.5, 0.6) is 0 Å². The maximum atomic E-state index is 11.7. The zero-order valence-electron chi connectivity index (χ0n) is 15.7. The summed E-state index contributed by atoms with van der Waals surface area (Å²) in [6.07, 6.45) is 5.14. The number of nitrogens with zero attached hydrogens (tertiary/aromatic N) is 3. The van der Waals surface area contributed by atoms with Crippen molar-refractivity contribution in [2.75, 3.05) is 13.1 Å². The molecule has 1 unspecified atom stereocenters. The van der Waals surface area contributed by atoms with Crippen LogP contribution in [0.25, 0.3) is 0 Å². The van der Waals surface area contributed by atoms with Crippen molar-refractivity contribution in [3.8, 4) is 0 Å². The minimum absolute atomic E-state index is 0.0150. The molecule has 1 aromatic carbocycles. The van der Waals surface area contributed by atoms with Crippen molar-refractivity contribution in [2.45, 2.75) is 38.5 Å². The number of nitro benzene ring substituents is 1. The van der Waals surface area contributed by atoms with Crippen molar-refractivity contribution in [3.05, 3.63) is 68.0 Å². The van der Waals surface area contributed by atoms with Gasteiger partial charge in [0.25, 0.3) is 5.69 Å². The molecule has 2 aromatic rings. The van der Waals surface area contributed by atoms with Crippen LogP contribution in [-0.4, -0.2) is 33.8 Å². The Balaban J connectivity index is 1.81. The Kier molecular flexibility index (Phi) is 5.06. The van der Waals surface area contributed by atoms with Crippen LogP contribution in [0.4, 0.5) is 5.69 Å². The number of nitro groups is 1. The topological polar surface area (TPSA) is 76.3 Å². The third-order valence-electron chi connectivity index (χ3n) is 6.08. The molecular formula is C21H22ClN3O3. The number of aromatic nitrogens is 1. The first-order valence-electron chi connectivity index (χ1n) is 9.61. The number of amides is 1. The Hall–Kier alpha value is -2.47. The second-order valence-electron chi connectivity index (χ2n) is 7.63. The van der Waals surface area contributed by atoms with Gasteiger partial charge in [-0.15, -0.1) is 0 Å². The first kappa shape index (κ1) is 18.9. The van der Waals surface area contributed by atoms with E-state index in [9.17, 15) is 14.9 Å². The van der Waals surface area contributed by atoms with E-state index in [0.717, 1.165) is 42.5 Å². The molecule has 2 heterocycles. The van der Waals surface area contributed by atoms with Gasteiger partial charge < -0.3 is 4.90 Å². The Bertz CT molecular complexity index is 938. The summed E-state index contributed by atoms with van der Waals surface area (Å²) in [4.78, 5) is 29.4. The lowest BCUT2D eigenvalue weighted by molar-refractivity contribution is -0.384. The fraction of sp³-hybridized carbons (Fsp3) is 0.429. The van der Waals surface area contributed by atoms with E-state index in [-0.39, 0.29) is 28.5 Å². The van der Waals surface area contributed by atoms with E-state index in [1.165, 1.54) is 5.56 Å². The number of hydrogen-bond donors (Lipinski definition) is 0. The summed E-state index contributed by atoms with van der Waals surface area (Å²) < 4.78 is 0. The highest BCUT2D eigenvalue weighted by atomic mass is 35.5. The highest BCUT2D eigenvalue weighted by Crippen LogP contribution is 2.44. The number of fused-ring (bicyclic) bond motifs is 2. The summed E-state index contributed by atoms with van der Waals surface area (Å²) in [6, 6.07) is 7.46. The lowest BCUT2D eigenvalue weighted by Gasteiger charge is -2.36. The molecule has 1 aliphatic carbocycles. The summed E-state index contributed by atoms with van der Waals surface area (Å²) in [5.74, 6) is 0.362. The molecule has 0 spiro atoms. The van der Waals surface area contributed by atoms with Crippen LogP contribution in [0.3, 0.4) is 0 Å². The van der Waals surface area contributed by atoms with Crippen molar-refractivity contribution in [3.63, 3.8) is 0 Å². The monoisotopic (exact) mass is 399 g/mol. The van der Waals surface area contributed by atoms with Crippen LogP contribution in [0, 0.1) is 16.0 Å². The molecule has 2 aliphatic rings. The first-order chi connectivity index (χ1) is 13.5. The summed E-state index contributed by atoms with van der Waals surface area (Å²) in [5, 5.41) is 11.7. The van der Waals surface area contributed by atoms with Gasteiger partial charge in [-0.3, -0.25) is 19.9 Å². The predicted octanol–water partition coefficient (Wildman–Crippen LogP) is 4.13. The molecule has 1 atom stereocenters. The molecule has 0 radical (unpaired) electrons. The number of carbonyl (C=O) groups is 1. The molecule has 4 rings (SSSR count). The molecule has 6 nitrogen and oxygen atoms in total. The van der Waals surface area contributed by atoms with Crippen LogP contribution in [-0.2, 0) is 17.6 Å². The largest absolute Gasteiger partial charge is 0.343 e. The van der Waals surface area contributed by atoms with E-state index in [0.29, 0.717) is 13.1 Å². The lowest BCUT2D eigenvalue weighted by atomic mass is 9.76. The number of rotatable bonds is 2. The summed E-state index contributed by atoms with van der Waals surface area (Å²) in [6.45, 7) is 3.02. The van der Waals surface area contributed by atoms with Gasteiger partial charge in [-0.05, 0) is 60.4 Å². The van der Waals surface area contributed by atoms with E-state index in [2.05, 4.69) is 6.07 Å². The van der Waals surface area contributed by atoms with Crippen molar-refractivity contribution < 1.29 is 9.72 Å². The number of aryl methyl sites for hydroxylation is 2. The Morgan fingerprint density at radius 3 is 2.64 bits per heavy atom. The van der Waals surface area contributed by atoms with Gasteiger partial charge >= 0.3 is 0 Å². The average Bonchev–Trinajstić information content (AvgIpc) is 2.84. The van der Waals surface area contributed by atoms with E-state index < -0.39 is 4.92 Å². The van der Waals surface area contributed by atoms with Gasteiger partial charge in [0.15, 0.2) is 0 Å². The molecule has 0 N–H and O–H groups in total. The highest BCUT2D eigenvalue weighted by Gasteiger charge is 2.35. The molecule has 0 saturated carbocycles. The van der Waals surface area contributed by atoms with Gasteiger partial charge in [-0.25, -0.2) is 0 Å². The van der Waals surface area contributed by atoms with Crippen LogP contribution in [0.2, 0.25) is 5.02 Å². The van der Waals surface area contributed by atoms with E-state index in [1.54, 1.807) is 25.3 Å². The van der Waals surface area contributed by atoms with Crippen molar-refractivity contribution in [1.29, 1.82) is 0 Å². The Labute approximate surface area is 168 Å². The average molecular weight is 400 g/mol. The minimum atomic E-state index is -0.414. The molecule has 1 amide bonds. The van der Waals surface area contributed by atoms with Crippen LogP contribution < -0.4 is 0 Å². The maximum absolute atomic E-state index is 11.7. The molecule has 7 heteroatoms. The minimum Gasteiger partial charge on any atom is -0.343 e. The first-order valence-corrected chi connectivity index (χ1v) is 9.99. The zero-order chi connectivity index (χ0) is 19.8. The second kappa shape index (κ2) is 7.51. The van der Waals surface area contributed by atoms with Crippen LogP contribution in [0.1, 0.15) is 48.1 Å². The fourth-order valence-electron chi connectivity index (χ4n) is 4.65. The molecule has 1 saturated heterocycles. The van der Waals surface area contributed by atoms with Crippen LogP contribution >= 0.6 is 11.6 Å². The van der Waals surface area contributed by atoms with Gasteiger partial charge in [-0.2, -0.15) is 0 Å². The molecule has 146 valence electrons. The number of piperidine rings is 1. The van der Waals surface area contributed by atoms with Gasteiger partial charge in [0.2, 0.25) is 5.91 Å². The molecular weight excluding hydrogens is 378 g/mol. The third-order valence-corrected chi connectivity index (χ3v) is 6.38. The highest BCUT2D eigenvalue weighted by molar-refractivity contribution is 6.32. The number of likely N-dealkylation sites (tertiary alicyclic amines) is 1. The van der Waals surface area contributed by atoms with Crippen molar-refractivity contribution in [1.82, 2.24) is 9.88 Å². The molecule has 1 aliphatic heterocycles. The van der Waals surface area contributed by atoms with Gasteiger partial charge in [0.1, 0.15) is 5.02 Å². The summed E-state index contributed by atoms with van der Waals surface area (Å²) in [7, 11) is 0. The number of benzene rings is 1. The normalized spacial score (nSPS) is 19.5. The number of hydrogen-bond acceptors (Lipinski definition) is 4. The van der Waals surface area contributed by atoms with E-state index >= 15 is 0 Å². The summed E-state index contributed by atoms with van der Waals surface area (Å²) in [5.41, 5.74) is 4.18. The Morgan fingerprint density at radius 1 is 1.25 bits per heavy atom. The van der Waals surface area contributed by atoms with Gasteiger partial charge in [0.05, 0.1) is 10.6 Å². The third kappa shape index (κ3) is 3.37. The van der Waals surface area contributed by atoms with Gasteiger partial charge in [-0.1, -0.05) is 17.7 Å². The quantitative estimate of drug-likeness (QED) is 0.562. The molecule has 1 fully saturated rings. The predicted molar refractivity (Wildman–Crippen MR) is 107 cm³/mol. The fourth-order valence-corrected chi connectivity index (χ4v) is 4.90. The molecule has 1 aromatic heterocycles. The van der Waals surface area contributed by atoms with E-state index in [1.807, 2.05) is 11.0 Å². The van der Waals surface area contributed by atoms with Crippen LogP contribution in [0.15, 0.2) is 30.5 Å². The zero-order valence-corrected chi connectivity index (χ0v) is 16.5. The molecule has 0 bridgehead atoms. The second-order valence-corrected chi connectivity index (χ2v) is 8.04. The van der Waals surface area contributed by atoms with Crippen molar-refractivity contribution >= 4 is 23.2 Å². The van der Waals surface area contributed by atoms with Crippen molar-refractivity contribution in [2.24, 2.45) is 5.92 Å². The number of pyridine rings is 1. The van der Waals surface area contributed by atoms with Gasteiger partial charge in [0, 0.05) is 38.2 Å². The number of carbonyl (C=O) groups excluding carboxylic acids is 1. The smallest absolute Gasteiger partial charge is 0.288 e.